The zero-order valence-electron chi connectivity index (χ0n) is 10.6. The minimum atomic E-state index is 0.296. The van der Waals surface area contributed by atoms with Gasteiger partial charge >= 0.3 is 0 Å². The lowest BCUT2D eigenvalue weighted by Gasteiger charge is -2.24. The minimum absolute atomic E-state index is 0.296. The van der Waals surface area contributed by atoms with Gasteiger partial charge in [0.1, 0.15) is 5.82 Å². The molecule has 2 N–H and O–H groups in total. The number of hydrogen-bond donors (Lipinski definition) is 1. The highest BCUT2D eigenvalue weighted by atomic mass is 15.2. The van der Waals surface area contributed by atoms with Crippen LogP contribution in [0.3, 0.4) is 0 Å². The van der Waals surface area contributed by atoms with Gasteiger partial charge in [0.05, 0.1) is 5.52 Å². The molecule has 0 saturated heterocycles. The highest BCUT2D eigenvalue weighted by molar-refractivity contribution is 5.81. The molecule has 2 aromatic rings. The van der Waals surface area contributed by atoms with Crippen molar-refractivity contribution in [2.24, 2.45) is 5.73 Å². The van der Waals surface area contributed by atoms with Crippen LogP contribution in [0.25, 0.3) is 10.9 Å². The number of nitrogens with zero attached hydrogens (tertiary/aromatic N) is 2. The topological polar surface area (TPSA) is 42.1 Å². The maximum atomic E-state index is 5.68. The molecule has 0 amide bonds. The Bertz CT molecular complexity index is 522. The van der Waals surface area contributed by atoms with Crippen LogP contribution in [0.5, 0.6) is 0 Å². The van der Waals surface area contributed by atoms with Gasteiger partial charge in [0.15, 0.2) is 0 Å². The van der Waals surface area contributed by atoms with Crippen molar-refractivity contribution in [3.8, 4) is 0 Å². The van der Waals surface area contributed by atoms with Gasteiger partial charge in [0.25, 0.3) is 0 Å². The van der Waals surface area contributed by atoms with Gasteiger partial charge in [-0.05, 0) is 37.6 Å². The summed E-state index contributed by atoms with van der Waals surface area (Å²) < 4.78 is 0. The van der Waals surface area contributed by atoms with Crippen LogP contribution in [0.15, 0.2) is 30.3 Å². The Morgan fingerprint density at radius 1 is 1.29 bits per heavy atom. The van der Waals surface area contributed by atoms with Crippen molar-refractivity contribution in [3.05, 3.63) is 35.9 Å². The monoisotopic (exact) mass is 229 g/mol. The molecule has 1 unspecified atom stereocenters. The molecule has 0 aliphatic rings. The molecule has 3 heteroatoms. The van der Waals surface area contributed by atoms with Crippen molar-refractivity contribution in [3.63, 3.8) is 0 Å². The van der Waals surface area contributed by atoms with Crippen LogP contribution in [-0.2, 0) is 0 Å². The highest BCUT2D eigenvalue weighted by Gasteiger charge is 2.09. The van der Waals surface area contributed by atoms with E-state index in [0.29, 0.717) is 12.6 Å². The first-order chi connectivity index (χ1) is 8.11. The predicted molar refractivity (Wildman–Crippen MR) is 73.4 cm³/mol. The molecule has 0 saturated carbocycles. The zero-order valence-corrected chi connectivity index (χ0v) is 10.6. The minimum Gasteiger partial charge on any atom is -0.356 e. The summed E-state index contributed by atoms with van der Waals surface area (Å²) in [7, 11) is 2.03. The molecule has 1 atom stereocenters. The molecule has 1 aromatic heterocycles. The van der Waals surface area contributed by atoms with E-state index < -0.39 is 0 Å². The van der Waals surface area contributed by atoms with Gasteiger partial charge in [0, 0.05) is 25.0 Å². The van der Waals surface area contributed by atoms with Crippen LogP contribution < -0.4 is 10.6 Å². The molecule has 0 radical (unpaired) electrons. The van der Waals surface area contributed by atoms with Crippen molar-refractivity contribution < 1.29 is 0 Å². The summed E-state index contributed by atoms with van der Waals surface area (Å²) in [5.74, 6) is 0.973. The van der Waals surface area contributed by atoms with Crippen LogP contribution in [0.2, 0.25) is 0 Å². The van der Waals surface area contributed by atoms with Crippen LogP contribution >= 0.6 is 0 Å². The largest absolute Gasteiger partial charge is 0.356 e. The SMILES string of the molecule is Cc1ccc2ccc(N(C)C(C)CN)nc2c1. The van der Waals surface area contributed by atoms with Gasteiger partial charge in [-0.2, -0.15) is 0 Å². The Morgan fingerprint density at radius 2 is 2.00 bits per heavy atom. The molecule has 0 fully saturated rings. The number of fused-ring (bicyclic) bond motifs is 1. The number of rotatable bonds is 3. The molecule has 17 heavy (non-hydrogen) atoms. The number of anilines is 1. The first-order valence-corrected chi connectivity index (χ1v) is 5.92. The molecular formula is C14H19N3. The average molecular weight is 229 g/mol. The second kappa shape index (κ2) is 4.72. The van der Waals surface area contributed by atoms with E-state index in [4.69, 9.17) is 5.73 Å². The predicted octanol–water partition coefficient (Wildman–Crippen LogP) is 2.33. The summed E-state index contributed by atoms with van der Waals surface area (Å²) >= 11 is 0. The van der Waals surface area contributed by atoms with Crippen LogP contribution in [0.1, 0.15) is 12.5 Å². The van der Waals surface area contributed by atoms with E-state index >= 15 is 0 Å². The Labute approximate surface area is 102 Å². The molecule has 2 rings (SSSR count). The number of benzene rings is 1. The molecule has 0 aliphatic heterocycles. The molecule has 1 aromatic carbocycles. The summed E-state index contributed by atoms with van der Waals surface area (Å²) in [6.45, 7) is 4.81. The van der Waals surface area contributed by atoms with Gasteiger partial charge < -0.3 is 10.6 Å². The maximum Gasteiger partial charge on any atom is 0.129 e. The van der Waals surface area contributed by atoms with Crippen molar-refractivity contribution >= 4 is 16.7 Å². The van der Waals surface area contributed by atoms with E-state index in [0.717, 1.165) is 11.3 Å². The smallest absolute Gasteiger partial charge is 0.129 e. The Kier molecular flexibility index (Phi) is 3.29. The van der Waals surface area contributed by atoms with Gasteiger partial charge in [0.2, 0.25) is 0 Å². The maximum absolute atomic E-state index is 5.68. The molecule has 3 nitrogen and oxygen atoms in total. The van der Waals surface area contributed by atoms with Crippen molar-refractivity contribution in [2.45, 2.75) is 19.9 Å². The molecule has 0 aliphatic carbocycles. The fourth-order valence-corrected chi connectivity index (χ4v) is 1.80. The van der Waals surface area contributed by atoms with Crippen LogP contribution in [-0.4, -0.2) is 24.6 Å². The molecule has 0 bridgehead atoms. The van der Waals surface area contributed by atoms with Crippen molar-refractivity contribution in [1.82, 2.24) is 4.98 Å². The van der Waals surface area contributed by atoms with Crippen molar-refractivity contribution in [1.29, 1.82) is 0 Å². The number of aromatic nitrogens is 1. The highest BCUT2D eigenvalue weighted by Crippen LogP contribution is 2.19. The molecule has 0 spiro atoms. The van der Waals surface area contributed by atoms with E-state index in [-0.39, 0.29) is 0 Å². The lowest BCUT2D eigenvalue weighted by molar-refractivity contribution is 0.689. The summed E-state index contributed by atoms with van der Waals surface area (Å²) in [6.07, 6.45) is 0. The van der Waals surface area contributed by atoms with Crippen LogP contribution in [0.4, 0.5) is 5.82 Å². The normalized spacial score (nSPS) is 12.7. The summed E-state index contributed by atoms with van der Waals surface area (Å²) in [4.78, 5) is 6.79. The third kappa shape index (κ3) is 2.39. The molecular weight excluding hydrogens is 210 g/mol. The van der Waals surface area contributed by atoms with Gasteiger partial charge in [-0.1, -0.05) is 12.1 Å². The van der Waals surface area contributed by atoms with Crippen molar-refractivity contribution in [2.75, 3.05) is 18.5 Å². The third-order valence-corrected chi connectivity index (χ3v) is 3.20. The molecule has 1 heterocycles. The number of nitrogens with two attached hydrogens (primary N) is 1. The van der Waals surface area contributed by atoms with E-state index in [2.05, 4.69) is 48.0 Å². The quantitative estimate of drug-likeness (QED) is 0.878. The van der Waals surface area contributed by atoms with E-state index in [9.17, 15) is 0 Å². The van der Waals surface area contributed by atoms with E-state index in [1.165, 1.54) is 10.9 Å². The third-order valence-electron chi connectivity index (χ3n) is 3.20. The Hall–Kier alpha value is -1.61. The number of pyridine rings is 1. The second-order valence-electron chi connectivity index (χ2n) is 4.56. The second-order valence-corrected chi connectivity index (χ2v) is 4.56. The Morgan fingerprint density at radius 3 is 2.71 bits per heavy atom. The first kappa shape index (κ1) is 11.9. The fourth-order valence-electron chi connectivity index (χ4n) is 1.80. The first-order valence-electron chi connectivity index (χ1n) is 5.92. The standard InChI is InChI=1S/C14H19N3/c1-10-4-5-12-6-7-14(16-13(12)8-10)17(3)11(2)9-15/h4-8,11H,9,15H2,1-3H3. The summed E-state index contributed by atoms with van der Waals surface area (Å²) in [6, 6.07) is 10.8. The zero-order chi connectivity index (χ0) is 12.4. The number of aryl methyl sites for hydroxylation is 1. The summed E-state index contributed by atoms with van der Waals surface area (Å²) in [5.41, 5.74) is 7.95. The summed E-state index contributed by atoms with van der Waals surface area (Å²) in [5, 5.41) is 1.17. The van der Waals surface area contributed by atoms with Gasteiger partial charge in [-0.3, -0.25) is 0 Å². The number of hydrogen-bond acceptors (Lipinski definition) is 3. The molecule has 90 valence electrons. The average Bonchev–Trinajstić information content (AvgIpc) is 2.36. The van der Waals surface area contributed by atoms with Crippen LogP contribution in [0, 0.1) is 6.92 Å². The van der Waals surface area contributed by atoms with E-state index in [1.54, 1.807) is 0 Å². The lowest BCUT2D eigenvalue weighted by atomic mass is 10.1. The van der Waals surface area contributed by atoms with E-state index in [1.807, 2.05) is 13.1 Å². The van der Waals surface area contributed by atoms with Gasteiger partial charge in [-0.25, -0.2) is 4.98 Å². The lowest BCUT2D eigenvalue weighted by Crippen LogP contribution is -2.35. The van der Waals surface area contributed by atoms with Gasteiger partial charge in [-0.15, -0.1) is 0 Å². The number of likely N-dealkylation sites (N-methyl/N-ethyl adjacent to an activating group) is 1. The Balaban J connectivity index is 2.43. The fraction of sp³-hybridized carbons (Fsp3) is 0.357.